The Hall–Kier alpha value is -2.60. The number of hydrogen-bond acceptors (Lipinski definition) is 4. The van der Waals surface area contributed by atoms with Gasteiger partial charge < -0.3 is 9.47 Å². The first-order chi connectivity index (χ1) is 12.0. The lowest BCUT2D eigenvalue weighted by Crippen LogP contribution is -2.28. The van der Waals surface area contributed by atoms with Crippen molar-refractivity contribution in [3.05, 3.63) is 75.4 Å². The van der Waals surface area contributed by atoms with Gasteiger partial charge in [-0.2, -0.15) is 0 Å². The van der Waals surface area contributed by atoms with Crippen LogP contribution in [0.2, 0.25) is 0 Å². The van der Waals surface area contributed by atoms with E-state index in [0.717, 1.165) is 21.2 Å². The number of aryl methyl sites for hydroxylation is 1. The topological polar surface area (TPSA) is 64.6 Å². The zero-order chi connectivity index (χ0) is 18.2. The first kappa shape index (κ1) is 18.7. The lowest BCUT2D eigenvalue weighted by atomic mass is 10.1. The molecule has 5 nitrogen and oxygen atoms in total. The van der Waals surface area contributed by atoms with Gasteiger partial charge in [-0.25, -0.2) is 9.59 Å². The summed E-state index contributed by atoms with van der Waals surface area (Å²) in [5.74, 6) is -0.655. The molecule has 0 saturated heterocycles. The van der Waals surface area contributed by atoms with Gasteiger partial charge in [0.15, 0.2) is 0 Å². The predicted octanol–water partition coefficient (Wildman–Crippen LogP) is 4.20. The molecular weight excluding hydrogens is 386 g/mol. The molecule has 0 aromatic heterocycles. The van der Waals surface area contributed by atoms with Crippen LogP contribution in [0.3, 0.4) is 0 Å². The molecule has 130 valence electrons. The number of hydrogen-bond donors (Lipinski definition) is 1. The van der Waals surface area contributed by atoms with Crippen molar-refractivity contribution in [3.63, 3.8) is 0 Å². The molecule has 1 amide bonds. The van der Waals surface area contributed by atoms with Crippen molar-refractivity contribution in [2.75, 3.05) is 7.11 Å². The number of methoxy groups -OCH3 is 1. The van der Waals surface area contributed by atoms with E-state index >= 15 is 0 Å². The summed E-state index contributed by atoms with van der Waals surface area (Å²) >= 11 is 3.42. The molecule has 0 radical (unpaired) electrons. The first-order valence-corrected chi connectivity index (χ1v) is 8.33. The molecule has 0 spiro atoms. The van der Waals surface area contributed by atoms with E-state index < -0.39 is 12.1 Å². The van der Waals surface area contributed by atoms with Crippen LogP contribution in [-0.2, 0) is 20.9 Å². The van der Waals surface area contributed by atoms with Gasteiger partial charge in [0.2, 0.25) is 0 Å². The number of nitrogens with one attached hydrogen (secondary N) is 1. The van der Waals surface area contributed by atoms with Gasteiger partial charge in [-0.3, -0.25) is 5.32 Å². The van der Waals surface area contributed by atoms with Crippen molar-refractivity contribution in [2.45, 2.75) is 13.5 Å². The van der Waals surface area contributed by atoms with Gasteiger partial charge in [-0.05, 0) is 35.8 Å². The average molecular weight is 404 g/mol. The van der Waals surface area contributed by atoms with Gasteiger partial charge in [-0.1, -0.05) is 58.4 Å². The van der Waals surface area contributed by atoms with Crippen LogP contribution in [0.15, 0.2) is 58.7 Å². The number of carbonyl (C=O) groups is 2. The van der Waals surface area contributed by atoms with E-state index in [1.807, 2.05) is 55.5 Å². The molecule has 0 aliphatic rings. The molecule has 2 aromatic carbocycles. The second kappa shape index (κ2) is 9.03. The van der Waals surface area contributed by atoms with Crippen molar-refractivity contribution < 1.29 is 19.1 Å². The summed E-state index contributed by atoms with van der Waals surface area (Å²) in [6.07, 6.45) is 0.809. The highest BCUT2D eigenvalue weighted by atomic mass is 79.9. The van der Waals surface area contributed by atoms with Gasteiger partial charge in [0.1, 0.15) is 12.3 Å². The van der Waals surface area contributed by atoms with E-state index in [1.54, 1.807) is 0 Å². The van der Waals surface area contributed by atoms with Crippen LogP contribution in [0.4, 0.5) is 4.79 Å². The van der Waals surface area contributed by atoms with Gasteiger partial charge in [0.05, 0.1) is 7.11 Å². The third-order valence-corrected chi connectivity index (χ3v) is 4.24. The molecule has 0 atom stereocenters. The maximum atomic E-state index is 12.0. The molecular formula is C19H18BrNO4. The molecule has 0 aliphatic carbocycles. The number of rotatable bonds is 5. The molecule has 2 aromatic rings. The van der Waals surface area contributed by atoms with Crippen molar-refractivity contribution in [2.24, 2.45) is 0 Å². The van der Waals surface area contributed by atoms with Crippen LogP contribution in [0, 0.1) is 6.92 Å². The van der Waals surface area contributed by atoms with Crippen LogP contribution in [0.5, 0.6) is 0 Å². The molecule has 1 N–H and O–H groups in total. The standard InChI is InChI=1S/C19H18BrNO4/c1-13-10-15(8-9-16(13)20)11-17(18(22)24-2)21-19(23)25-12-14-6-4-3-5-7-14/h3-11H,12H2,1-2H3,(H,21,23)/b17-11+. The molecule has 0 aliphatic heterocycles. The summed E-state index contributed by atoms with van der Waals surface area (Å²) in [6, 6.07) is 14.8. The zero-order valence-electron chi connectivity index (χ0n) is 13.9. The Morgan fingerprint density at radius 1 is 1.16 bits per heavy atom. The van der Waals surface area contributed by atoms with Gasteiger partial charge >= 0.3 is 12.1 Å². The van der Waals surface area contributed by atoms with Crippen molar-refractivity contribution in [1.29, 1.82) is 0 Å². The summed E-state index contributed by atoms with van der Waals surface area (Å²) < 4.78 is 10.8. The highest BCUT2D eigenvalue weighted by Crippen LogP contribution is 2.18. The van der Waals surface area contributed by atoms with Crippen LogP contribution in [-0.4, -0.2) is 19.2 Å². The Morgan fingerprint density at radius 2 is 1.88 bits per heavy atom. The number of ether oxygens (including phenoxy) is 2. The minimum Gasteiger partial charge on any atom is -0.464 e. The van der Waals surface area contributed by atoms with E-state index in [2.05, 4.69) is 21.2 Å². The Kier molecular flexibility index (Phi) is 6.77. The third-order valence-electron chi connectivity index (χ3n) is 3.35. The molecule has 0 fully saturated rings. The second-order valence-electron chi connectivity index (χ2n) is 5.24. The van der Waals surface area contributed by atoms with E-state index in [4.69, 9.17) is 9.47 Å². The monoisotopic (exact) mass is 403 g/mol. The Labute approximate surface area is 154 Å². The maximum absolute atomic E-state index is 12.0. The summed E-state index contributed by atoms with van der Waals surface area (Å²) in [5.41, 5.74) is 2.61. The largest absolute Gasteiger partial charge is 0.464 e. The van der Waals surface area contributed by atoms with Crippen molar-refractivity contribution in [3.8, 4) is 0 Å². The van der Waals surface area contributed by atoms with E-state index in [1.165, 1.54) is 13.2 Å². The molecule has 0 bridgehead atoms. The fourth-order valence-corrected chi connectivity index (χ4v) is 2.30. The Bertz CT molecular complexity index is 787. The minimum atomic E-state index is -0.727. The summed E-state index contributed by atoms with van der Waals surface area (Å²) in [5, 5.41) is 2.43. The maximum Gasteiger partial charge on any atom is 0.412 e. The fraction of sp³-hybridized carbons (Fsp3) is 0.158. The molecule has 6 heteroatoms. The number of alkyl carbamates (subject to hydrolysis) is 1. The molecule has 2 rings (SSSR count). The lowest BCUT2D eigenvalue weighted by Gasteiger charge is -2.10. The van der Waals surface area contributed by atoms with E-state index in [9.17, 15) is 9.59 Å². The highest BCUT2D eigenvalue weighted by molar-refractivity contribution is 9.10. The number of carbonyl (C=O) groups excluding carboxylic acids is 2. The Morgan fingerprint density at radius 3 is 2.52 bits per heavy atom. The molecule has 0 heterocycles. The van der Waals surface area contributed by atoms with Crippen LogP contribution in [0.1, 0.15) is 16.7 Å². The number of benzene rings is 2. The van der Waals surface area contributed by atoms with E-state index in [-0.39, 0.29) is 12.3 Å². The summed E-state index contributed by atoms with van der Waals surface area (Å²) in [6.45, 7) is 2.04. The zero-order valence-corrected chi connectivity index (χ0v) is 15.5. The van der Waals surface area contributed by atoms with Gasteiger partial charge in [-0.15, -0.1) is 0 Å². The normalized spacial score (nSPS) is 10.9. The quantitative estimate of drug-likeness (QED) is 0.600. The first-order valence-electron chi connectivity index (χ1n) is 7.53. The van der Waals surface area contributed by atoms with Crippen LogP contribution < -0.4 is 5.32 Å². The highest BCUT2D eigenvalue weighted by Gasteiger charge is 2.14. The molecule has 0 unspecified atom stereocenters. The number of halogens is 1. The number of amides is 1. The van der Waals surface area contributed by atoms with Gasteiger partial charge in [0.25, 0.3) is 0 Å². The summed E-state index contributed by atoms with van der Waals surface area (Å²) in [4.78, 5) is 23.9. The summed E-state index contributed by atoms with van der Waals surface area (Å²) in [7, 11) is 1.25. The lowest BCUT2D eigenvalue weighted by molar-refractivity contribution is -0.136. The fourth-order valence-electron chi connectivity index (χ4n) is 2.05. The number of esters is 1. The smallest absolute Gasteiger partial charge is 0.412 e. The van der Waals surface area contributed by atoms with Gasteiger partial charge in [0, 0.05) is 4.47 Å². The van der Waals surface area contributed by atoms with E-state index in [0.29, 0.717) is 0 Å². The minimum absolute atomic E-state index is 0.00211. The Balaban J connectivity index is 2.09. The SMILES string of the molecule is COC(=O)/C(=C\c1ccc(Br)c(C)c1)NC(=O)OCc1ccccc1. The van der Waals surface area contributed by atoms with Crippen molar-refractivity contribution >= 4 is 34.1 Å². The average Bonchev–Trinajstić information content (AvgIpc) is 2.62. The second-order valence-corrected chi connectivity index (χ2v) is 6.10. The van der Waals surface area contributed by atoms with Crippen LogP contribution in [0.25, 0.3) is 6.08 Å². The van der Waals surface area contributed by atoms with Crippen molar-refractivity contribution in [1.82, 2.24) is 5.32 Å². The third kappa shape index (κ3) is 5.76. The molecule has 0 saturated carbocycles. The molecule has 25 heavy (non-hydrogen) atoms. The predicted molar refractivity (Wildman–Crippen MR) is 98.6 cm³/mol. The van der Waals surface area contributed by atoms with Crippen LogP contribution >= 0.6 is 15.9 Å².